The van der Waals surface area contributed by atoms with E-state index in [0.29, 0.717) is 5.71 Å². The number of halogens is 3. The molecule has 0 saturated carbocycles. The fourth-order valence-electron chi connectivity index (χ4n) is 2.10. The third-order valence-corrected chi connectivity index (χ3v) is 4.61. The molecular weight excluding hydrogens is 367 g/mol. The second-order valence-corrected chi connectivity index (χ2v) is 6.84. The van der Waals surface area contributed by atoms with Gasteiger partial charge in [0.15, 0.2) is 0 Å². The fraction of sp³-hybridized carbons (Fsp3) is 0.353. The van der Waals surface area contributed by atoms with Crippen LogP contribution in [0.1, 0.15) is 35.0 Å². The summed E-state index contributed by atoms with van der Waals surface area (Å²) in [5, 5.41) is 7.35. The molecule has 1 heterocycles. The largest absolute Gasteiger partial charge is 0.416 e. The van der Waals surface area contributed by atoms with Gasteiger partial charge in [0.1, 0.15) is 0 Å². The molecule has 1 atom stereocenters. The summed E-state index contributed by atoms with van der Waals surface area (Å²) in [6, 6.07) is 4.17. The molecule has 1 aromatic heterocycles. The van der Waals surface area contributed by atoms with E-state index < -0.39 is 23.8 Å². The second-order valence-electron chi connectivity index (χ2n) is 5.64. The average molecular weight is 385 g/mol. The SMILES string of the molecule is C/C(=N\OC(C)C(=O)Nc1ccc(C(F)(F)F)cc1)c1sc(C)nc1C. The number of hydrogen-bond acceptors (Lipinski definition) is 5. The summed E-state index contributed by atoms with van der Waals surface area (Å²) in [7, 11) is 0. The first kappa shape index (κ1) is 19.9. The summed E-state index contributed by atoms with van der Waals surface area (Å²) < 4.78 is 37.6. The van der Waals surface area contributed by atoms with Crippen LogP contribution < -0.4 is 5.32 Å². The molecule has 1 aromatic carbocycles. The van der Waals surface area contributed by atoms with Crippen molar-refractivity contribution in [2.24, 2.45) is 5.16 Å². The Morgan fingerprint density at radius 2 is 1.88 bits per heavy atom. The summed E-state index contributed by atoms with van der Waals surface area (Å²) in [5.41, 5.74) is 0.893. The van der Waals surface area contributed by atoms with Crippen molar-refractivity contribution in [1.82, 2.24) is 4.98 Å². The van der Waals surface area contributed by atoms with E-state index in [0.717, 1.165) is 27.7 Å². The van der Waals surface area contributed by atoms with Gasteiger partial charge in [-0.05, 0) is 52.0 Å². The predicted molar refractivity (Wildman–Crippen MR) is 94.4 cm³/mol. The number of anilines is 1. The summed E-state index contributed by atoms with van der Waals surface area (Å²) in [5.74, 6) is -0.515. The van der Waals surface area contributed by atoms with Crippen molar-refractivity contribution in [3.05, 3.63) is 45.4 Å². The first-order valence-electron chi connectivity index (χ1n) is 7.71. The summed E-state index contributed by atoms with van der Waals surface area (Å²) in [6.07, 6.45) is -5.33. The van der Waals surface area contributed by atoms with E-state index in [-0.39, 0.29) is 5.69 Å². The average Bonchev–Trinajstić information content (AvgIpc) is 2.90. The van der Waals surface area contributed by atoms with E-state index in [1.54, 1.807) is 6.92 Å². The topological polar surface area (TPSA) is 63.6 Å². The number of nitrogens with zero attached hydrogens (tertiary/aromatic N) is 2. The number of amides is 1. The molecule has 9 heteroatoms. The van der Waals surface area contributed by atoms with Crippen LogP contribution in [0.3, 0.4) is 0 Å². The number of oxime groups is 1. The van der Waals surface area contributed by atoms with Crippen molar-refractivity contribution in [2.45, 2.75) is 40.0 Å². The summed E-state index contributed by atoms with van der Waals surface area (Å²) in [4.78, 5) is 22.5. The minimum Gasteiger partial charge on any atom is -0.382 e. The molecule has 0 bridgehead atoms. The van der Waals surface area contributed by atoms with Crippen LogP contribution in [0.15, 0.2) is 29.4 Å². The molecule has 0 saturated heterocycles. The molecule has 26 heavy (non-hydrogen) atoms. The van der Waals surface area contributed by atoms with Gasteiger partial charge in [-0.15, -0.1) is 11.3 Å². The van der Waals surface area contributed by atoms with Gasteiger partial charge in [-0.25, -0.2) is 4.98 Å². The molecule has 140 valence electrons. The maximum atomic E-state index is 12.5. The molecular formula is C17H18F3N3O2S. The van der Waals surface area contributed by atoms with Gasteiger partial charge in [-0.1, -0.05) is 5.16 Å². The van der Waals surface area contributed by atoms with E-state index in [9.17, 15) is 18.0 Å². The number of benzene rings is 1. The molecule has 1 N–H and O–H groups in total. The van der Waals surface area contributed by atoms with Crippen LogP contribution in [0.2, 0.25) is 0 Å². The lowest BCUT2D eigenvalue weighted by molar-refractivity contribution is -0.137. The molecule has 0 aliphatic rings. The van der Waals surface area contributed by atoms with Gasteiger partial charge in [0.05, 0.1) is 26.9 Å². The highest BCUT2D eigenvalue weighted by molar-refractivity contribution is 7.13. The first-order chi connectivity index (χ1) is 12.1. The van der Waals surface area contributed by atoms with Crippen molar-refractivity contribution in [1.29, 1.82) is 0 Å². The highest BCUT2D eigenvalue weighted by atomic mass is 32.1. The van der Waals surface area contributed by atoms with Crippen LogP contribution in [-0.2, 0) is 15.8 Å². The second kappa shape index (κ2) is 7.86. The number of rotatable bonds is 5. The van der Waals surface area contributed by atoms with Crippen molar-refractivity contribution in [2.75, 3.05) is 5.32 Å². The standard InChI is InChI=1S/C17H18F3N3O2S/c1-9-15(26-12(4)21-9)10(2)23-25-11(3)16(24)22-14-7-5-13(6-8-14)17(18,19)20/h5-8,11H,1-4H3,(H,22,24)/b23-10+. The number of carbonyl (C=O) groups excluding carboxylic acids is 1. The van der Waals surface area contributed by atoms with E-state index in [1.165, 1.54) is 30.4 Å². The van der Waals surface area contributed by atoms with E-state index in [4.69, 9.17) is 4.84 Å². The smallest absolute Gasteiger partial charge is 0.382 e. The van der Waals surface area contributed by atoms with Gasteiger partial charge in [0, 0.05) is 5.69 Å². The zero-order valence-electron chi connectivity index (χ0n) is 14.6. The molecule has 0 spiro atoms. The van der Waals surface area contributed by atoms with Gasteiger partial charge in [-0.2, -0.15) is 13.2 Å². The lowest BCUT2D eigenvalue weighted by Gasteiger charge is -2.12. The van der Waals surface area contributed by atoms with Crippen LogP contribution in [0.4, 0.5) is 18.9 Å². The number of alkyl halides is 3. The number of carbonyl (C=O) groups is 1. The Hall–Kier alpha value is -2.42. The summed E-state index contributed by atoms with van der Waals surface area (Å²) in [6.45, 7) is 7.00. The normalized spacial score (nSPS) is 13.4. The van der Waals surface area contributed by atoms with Crippen molar-refractivity contribution >= 4 is 28.6 Å². The van der Waals surface area contributed by atoms with Crippen molar-refractivity contribution in [3.63, 3.8) is 0 Å². The monoisotopic (exact) mass is 385 g/mol. The molecule has 5 nitrogen and oxygen atoms in total. The number of thiazole rings is 1. The van der Waals surface area contributed by atoms with Crippen molar-refractivity contribution < 1.29 is 22.8 Å². The number of hydrogen-bond donors (Lipinski definition) is 1. The van der Waals surface area contributed by atoms with E-state index >= 15 is 0 Å². The lowest BCUT2D eigenvalue weighted by Crippen LogP contribution is -2.26. The molecule has 0 fully saturated rings. The Bertz CT molecular complexity index is 814. The van der Waals surface area contributed by atoms with Gasteiger partial charge in [0.25, 0.3) is 5.91 Å². The van der Waals surface area contributed by atoms with Crippen LogP contribution in [0.5, 0.6) is 0 Å². The lowest BCUT2D eigenvalue weighted by atomic mass is 10.2. The number of nitrogens with one attached hydrogen (secondary N) is 1. The molecule has 1 amide bonds. The van der Waals surface area contributed by atoms with Crippen LogP contribution in [0.25, 0.3) is 0 Å². The Labute approximate surface area is 152 Å². The molecule has 2 rings (SSSR count). The number of aryl methyl sites for hydroxylation is 2. The van der Waals surface area contributed by atoms with Crippen LogP contribution in [0, 0.1) is 13.8 Å². The molecule has 0 aliphatic carbocycles. The fourth-order valence-corrected chi connectivity index (χ4v) is 2.96. The quantitative estimate of drug-likeness (QED) is 0.607. The first-order valence-corrected chi connectivity index (χ1v) is 8.52. The minimum absolute atomic E-state index is 0.244. The molecule has 0 aliphatic heterocycles. The summed E-state index contributed by atoms with van der Waals surface area (Å²) >= 11 is 1.47. The van der Waals surface area contributed by atoms with Gasteiger partial charge >= 0.3 is 6.18 Å². The van der Waals surface area contributed by atoms with E-state index in [2.05, 4.69) is 15.5 Å². The predicted octanol–water partition coefficient (Wildman–Crippen LogP) is 4.55. The molecule has 1 unspecified atom stereocenters. The maximum absolute atomic E-state index is 12.5. The highest BCUT2D eigenvalue weighted by Crippen LogP contribution is 2.29. The highest BCUT2D eigenvalue weighted by Gasteiger charge is 2.30. The van der Waals surface area contributed by atoms with Crippen LogP contribution >= 0.6 is 11.3 Å². The minimum atomic E-state index is -4.42. The zero-order valence-corrected chi connectivity index (χ0v) is 15.5. The van der Waals surface area contributed by atoms with Gasteiger partial charge in [0.2, 0.25) is 6.10 Å². The third kappa shape index (κ3) is 5.04. The third-order valence-electron chi connectivity index (χ3n) is 3.43. The van der Waals surface area contributed by atoms with E-state index in [1.807, 2.05) is 13.8 Å². The number of aromatic nitrogens is 1. The maximum Gasteiger partial charge on any atom is 0.416 e. The molecule has 2 aromatic rings. The van der Waals surface area contributed by atoms with Gasteiger partial charge < -0.3 is 10.2 Å². The van der Waals surface area contributed by atoms with Crippen molar-refractivity contribution in [3.8, 4) is 0 Å². The Balaban J connectivity index is 1.97. The van der Waals surface area contributed by atoms with Crippen LogP contribution in [-0.4, -0.2) is 22.7 Å². The zero-order chi connectivity index (χ0) is 19.5. The Morgan fingerprint density at radius 1 is 1.27 bits per heavy atom. The van der Waals surface area contributed by atoms with Gasteiger partial charge in [-0.3, -0.25) is 4.79 Å². The Kier molecular flexibility index (Phi) is 6.01. The molecule has 0 radical (unpaired) electrons. The Morgan fingerprint density at radius 3 is 2.38 bits per heavy atom.